The SMILES string of the molecule is Cc1ccc(-n2c(=S)[nH]c3cnccc32)cc1F. The molecule has 0 atom stereocenters. The first kappa shape index (κ1) is 11.1. The van der Waals surface area contributed by atoms with Crippen molar-refractivity contribution >= 4 is 23.3 Å². The molecule has 0 saturated heterocycles. The van der Waals surface area contributed by atoms with E-state index in [1.807, 2.05) is 12.1 Å². The van der Waals surface area contributed by atoms with Crippen molar-refractivity contribution in [3.63, 3.8) is 0 Å². The lowest BCUT2D eigenvalue weighted by molar-refractivity contribution is 0.617. The van der Waals surface area contributed by atoms with E-state index < -0.39 is 0 Å². The minimum atomic E-state index is -0.238. The zero-order valence-electron chi connectivity index (χ0n) is 9.64. The first-order valence-corrected chi connectivity index (χ1v) is 5.89. The van der Waals surface area contributed by atoms with Crippen LogP contribution in [0.2, 0.25) is 0 Å². The lowest BCUT2D eigenvalue weighted by atomic mass is 10.2. The fourth-order valence-electron chi connectivity index (χ4n) is 1.94. The van der Waals surface area contributed by atoms with Gasteiger partial charge in [0.15, 0.2) is 4.77 Å². The number of rotatable bonds is 1. The van der Waals surface area contributed by atoms with E-state index in [2.05, 4.69) is 9.97 Å². The monoisotopic (exact) mass is 259 g/mol. The van der Waals surface area contributed by atoms with Gasteiger partial charge in [0, 0.05) is 6.20 Å². The molecule has 0 bridgehead atoms. The second-order valence-corrected chi connectivity index (χ2v) is 4.48. The smallest absolute Gasteiger partial charge is 0.182 e. The van der Waals surface area contributed by atoms with Gasteiger partial charge in [-0.25, -0.2) is 4.39 Å². The summed E-state index contributed by atoms with van der Waals surface area (Å²) in [4.78, 5) is 7.08. The number of benzene rings is 1. The maximum Gasteiger partial charge on any atom is 0.182 e. The molecule has 0 aliphatic carbocycles. The molecule has 0 unspecified atom stereocenters. The summed E-state index contributed by atoms with van der Waals surface area (Å²) in [6.07, 6.45) is 3.39. The minimum absolute atomic E-state index is 0.238. The van der Waals surface area contributed by atoms with E-state index >= 15 is 0 Å². The fourth-order valence-corrected chi connectivity index (χ4v) is 2.25. The van der Waals surface area contributed by atoms with Gasteiger partial charge in [-0.05, 0) is 42.9 Å². The summed E-state index contributed by atoms with van der Waals surface area (Å²) in [7, 11) is 0. The van der Waals surface area contributed by atoms with Crippen molar-refractivity contribution in [3.8, 4) is 5.69 Å². The number of fused-ring (bicyclic) bond motifs is 1. The predicted molar refractivity (Wildman–Crippen MR) is 70.9 cm³/mol. The summed E-state index contributed by atoms with van der Waals surface area (Å²) >= 11 is 5.27. The summed E-state index contributed by atoms with van der Waals surface area (Å²) in [6.45, 7) is 1.73. The lowest BCUT2D eigenvalue weighted by Gasteiger charge is -2.05. The number of nitrogens with one attached hydrogen (secondary N) is 1. The van der Waals surface area contributed by atoms with E-state index in [1.165, 1.54) is 6.07 Å². The van der Waals surface area contributed by atoms with E-state index in [9.17, 15) is 4.39 Å². The maximum absolute atomic E-state index is 13.6. The molecule has 1 N–H and O–H groups in total. The van der Waals surface area contributed by atoms with E-state index in [0.717, 1.165) is 11.0 Å². The van der Waals surface area contributed by atoms with Gasteiger partial charge in [-0.2, -0.15) is 0 Å². The molecule has 2 aromatic heterocycles. The number of hydrogen-bond donors (Lipinski definition) is 1. The van der Waals surface area contributed by atoms with Crippen LogP contribution in [0.5, 0.6) is 0 Å². The van der Waals surface area contributed by atoms with Crippen molar-refractivity contribution in [2.45, 2.75) is 6.92 Å². The summed E-state index contributed by atoms with van der Waals surface area (Å²) < 4.78 is 16.0. The molecule has 0 fully saturated rings. The molecule has 0 aliphatic heterocycles. The molecule has 0 spiro atoms. The topological polar surface area (TPSA) is 33.6 Å². The summed E-state index contributed by atoms with van der Waals surface area (Å²) in [5, 5.41) is 0. The molecule has 5 heteroatoms. The van der Waals surface area contributed by atoms with Crippen LogP contribution in [0.1, 0.15) is 5.56 Å². The molecule has 18 heavy (non-hydrogen) atoms. The first-order valence-electron chi connectivity index (χ1n) is 5.48. The number of pyridine rings is 1. The third-order valence-corrected chi connectivity index (χ3v) is 3.18. The third-order valence-electron chi connectivity index (χ3n) is 2.90. The Morgan fingerprint density at radius 3 is 2.94 bits per heavy atom. The highest BCUT2D eigenvalue weighted by molar-refractivity contribution is 7.71. The Bertz CT molecular complexity index is 788. The van der Waals surface area contributed by atoms with E-state index in [1.54, 1.807) is 30.0 Å². The van der Waals surface area contributed by atoms with Crippen LogP contribution < -0.4 is 0 Å². The van der Waals surface area contributed by atoms with E-state index in [4.69, 9.17) is 12.2 Å². The fraction of sp³-hybridized carbons (Fsp3) is 0.0769. The Morgan fingerprint density at radius 2 is 2.17 bits per heavy atom. The molecule has 3 rings (SSSR count). The molecule has 1 aromatic carbocycles. The van der Waals surface area contributed by atoms with Crippen molar-refractivity contribution in [2.75, 3.05) is 0 Å². The third kappa shape index (κ3) is 1.64. The Kier molecular flexibility index (Phi) is 2.48. The van der Waals surface area contributed by atoms with Gasteiger partial charge in [0.1, 0.15) is 5.82 Å². The van der Waals surface area contributed by atoms with E-state index in [-0.39, 0.29) is 5.82 Å². The number of hydrogen-bond acceptors (Lipinski definition) is 2. The zero-order chi connectivity index (χ0) is 12.7. The quantitative estimate of drug-likeness (QED) is 0.678. The number of aromatic amines is 1. The number of H-pyrrole nitrogens is 1. The van der Waals surface area contributed by atoms with Crippen LogP contribution in [0.4, 0.5) is 4.39 Å². The van der Waals surface area contributed by atoms with Crippen LogP contribution in [-0.2, 0) is 0 Å². The van der Waals surface area contributed by atoms with Crippen LogP contribution in [0, 0.1) is 17.5 Å². The van der Waals surface area contributed by atoms with Gasteiger partial charge in [-0.3, -0.25) is 9.55 Å². The Balaban J connectivity index is 2.34. The zero-order valence-corrected chi connectivity index (χ0v) is 10.5. The highest BCUT2D eigenvalue weighted by Gasteiger charge is 2.07. The number of aromatic nitrogens is 3. The second kappa shape index (κ2) is 4.03. The number of nitrogens with zero attached hydrogens (tertiary/aromatic N) is 2. The summed E-state index contributed by atoms with van der Waals surface area (Å²) in [5.74, 6) is -0.238. The van der Waals surface area contributed by atoms with Crippen molar-refractivity contribution in [3.05, 3.63) is 52.8 Å². The molecule has 0 saturated carbocycles. The van der Waals surface area contributed by atoms with Crippen molar-refractivity contribution < 1.29 is 4.39 Å². The second-order valence-electron chi connectivity index (χ2n) is 4.09. The molecular weight excluding hydrogens is 249 g/mol. The maximum atomic E-state index is 13.6. The van der Waals surface area contributed by atoms with Crippen LogP contribution in [0.3, 0.4) is 0 Å². The Labute approximate surface area is 108 Å². The number of halogens is 1. The molecule has 90 valence electrons. The van der Waals surface area contributed by atoms with Gasteiger partial charge in [0.05, 0.1) is 22.9 Å². The van der Waals surface area contributed by atoms with Gasteiger partial charge >= 0.3 is 0 Å². The molecule has 0 amide bonds. The molecule has 3 aromatic rings. The summed E-state index contributed by atoms with van der Waals surface area (Å²) in [6, 6.07) is 6.92. The molecular formula is C13H10FN3S. The molecule has 0 radical (unpaired) electrons. The van der Waals surface area contributed by atoms with Crippen LogP contribution >= 0.6 is 12.2 Å². The first-order chi connectivity index (χ1) is 8.66. The van der Waals surface area contributed by atoms with Gasteiger partial charge in [-0.1, -0.05) is 6.07 Å². The number of imidazole rings is 1. The lowest BCUT2D eigenvalue weighted by Crippen LogP contribution is -1.95. The average Bonchev–Trinajstić information content (AvgIpc) is 2.69. The predicted octanol–water partition coefficient (Wildman–Crippen LogP) is 3.53. The highest BCUT2D eigenvalue weighted by atomic mass is 32.1. The van der Waals surface area contributed by atoms with Gasteiger partial charge in [0.25, 0.3) is 0 Å². The van der Waals surface area contributed by atoms with Crippen molar-refractivity contribution in [1.29, 1.82) is 0 Å². The van der Waals surface area contributed by atoms with Crippen LogP contribution in [-0.4, -0.2) is 14.5 Å². The summed E-state index contributed by atoms with van der Waals surface area (Å²) in [5.41, 5.74) is 3.05. The largest absolute Gasteiger partial charge is 0.329 e. The molecule has 0 aliphatic rings. The standard InChI is InChI=1S/C13H10FN3S/c1-8-2-3-9(6-10(8)14)17-12-4-5-15-7-11(12)16-13(17)18/h2-7H,1H3,(H,16,18). The van der Waals surface area contributed by atoms with Crippen molar-refractivity contribution in [2.24, 2.45) is 0 Å². The average molecular weight is 259 g/mol. The van der Waals surface area contributed by atoms with Gasteiger partial charge < -0.3 is 4.98 Å². The van der Waals surface area contributed by atoms with Crippen molar-refractivity contribution in [1.82, 2.24) is 14.5 Å². The van der Waals surface area contributed by atoms with E-state index in [0.29, 0.717) is 16.0 Å². The van der Waals surface area contributed by atoms with Gasteiger partial charge in [-0.15, -0.1) is 0 Å². The normalized spacial score (nSPS) is 11.0. The molecule has 3 nitrogen and oxygen atoms in total. The highest BCUT2D eigenvalue weighted by Crippen LogP contribution is 2.20. The minimum Gasteiger partial charge on any atom is -0.329 e. The Hall–Kier alpha value is -2.01. The number of aryl methyl sites for hydroxylation is 1. The van der Waals surface area contributed by atoms with Gasteiger partial charge in [0.2, 0.25) is 0 Å². The Morgan fingerprint density at radius 1 is 1.33 bits per heavy atom. The molecule has 2 heterocycles. The van der Waals surface area contributed by atoms with Crippen LogP contribution in [0.25, 0.3) is 16.7 Å². The van der Waals surface area contributed by atoms with Crippen LogP contribution in [0.15, 0.2) is 36.7 Å².